The number of H-pyrrole nitrogens is 1. The number of alkyl halides is 3. The van der Waals surface area contributed by atoms with Gasteiger partial charge in [-0.25, -0.2) is 4.98 Å². The van der Waals surface area contributed by atoms with E-state index >= 15 is 0 Å². The third-order valence-electron chi connectivity index (χ3n) is 3.47. The van der Waals surface area contributed by atoms with Crippen LogP contribution in [0.2, 0.25) is 0 Å². The second-order valence-corrected chi connectivity index (χ2v) is 4.88. The first-order valence-electron chi connectivity index (χ1n) is 6.71. The number of hydrogen-bond acceptors (Lipinski definition) is 3. The molecule has 0 fully saturated rings. The van der Waals surface area contributed by atoms with E-state index in [-0.39, 0.29) is 0 Å². The number of aromatic amines is 1. The van der Waals surface area contributed by atoms with Crippen molar-refractivity contribution in [3.05, 3.63) is 42.0 Å². The number of methoxy groups -OCH3 is 2. The van der Waals surface area contributed by atoms with Crippen LogP contribution < -0.4 is 9.47 Å². The average Bonchev–Trinajstić information content (AvgIpc) is 2.96. The Bertz CT molecular complexity index is 856. The zero-order valence-corrected chi connectivity index (χ0v) is 12.4. The Labute approximate surface area is 129 Å². The van der Waals surface area contributed by atoms with Crippen LogP contribution in [-0.4, -0.2) is 24.2 Å². The fourth-order valence-corrected chi connectivity index (χ4v) is 2.31. The molecule has 3 aromatic rings. The molecule has 7 heteroatoms. The topological polar surface area (TPSA) is 47.1 Å². The van der Waals surface area contributed by atoms with Gasteiger partial charge in [0.1, 0.15) is 5.82 Å². The van der Waals surface area contributed by atoms with Crippen LogP contribution in [0.3, 0.4) is 0 Å². The van der Waals surface area contributed by atoms with Gasteiger partial charge in [0, 0.05) is 5.56 Å². The molecule has 0 aliphatic rings. The van der Waals surface area contributed by atoms with Gasteiger partial charge >= 0.3 is 6.18 Å². The maximum absolute atomic E-state index is 12.8. The van der Waals surface area contributed by atoms with Crippen molar-refractivity contribution in [3.8, 4) is 22.9 Å². The first-order valence-corrected chi connectivity index (χ1v) is 6.71. The highest BCUT2D eigenvalue weighted by molar-refractivity contribution is 5.80. The normalized spacial score (nSPS) is 11.7. The highest BCUT2D eigenvalue weighted by Gasteiger charge is 2.30. The molecule has 0 amide bonds. The Kier molecular flexibility index (Phi) is 3.63. The van der Waals surface area contributed by atoms with Crippen molar-refractivity contribution in [2.75, 3.05) is 14.2 Å². The molecule has 23 heavy (non-hydrogen) atoms. The SMILES string of the molecule is COc1ccc(-c2nc3ccc(C(F)(F)F)cc3[nH]2)cc1OC. The van der Waals surface area contributed by atoms with Gasteiger partial charge in [-0.3, -0.25) is 0 Å². The summed E-state index contributed by atoms with van der Waals surface area (Å²) in [5, 5.41) is 0. The maximum atomic E-state index is 12.8. The van der Waals surface area contributed by atoms with Crippen molar-refractivity contribution >= 4 is 11.0 Å². The summed E-state index contributed by atoms with van der Waals surface area (Å²) in [5.74, 6) is 1.54. The largest absolute Gasteiger partial charge is 0.493 e. The number of imidazole rings is 1. The van der Waals surface area contributed by atoms with Crippen LogP contribution in [0.15, 0.2) is 36.4 Å². The van der Waals surface area contributed by atoms with Crippen molar-refractivity contribution in [1.82, 2.24) is 9.97 Å². The molecule has 0 saturated heterocycles. The number of benzene rings is 2. The minimum absolute atomic E-state index is 0.324. The Balaban J connectivity index is 2.07. The molecule has 120 valence electrons. The van der Waals surface area contributed by atoms with Gasteiger partial charge < -0.3 is 14.5 Å². The summed E-state index contributed by atoms with van der Waals surface area (Å²) in [7, 11) is 3.03. The Morgan fingerprint density at radius 3 is 2.35 bits per heavy atom. The molecule has 1 N–H and O–H groups in total. The predicted molar refractivity (Wildman–Crippen MR) is 79.6 cm³/mol. The molecule has 0 aliphatic heterocycles. The monoisotopic (exact) mass is 322 g/mol. The molecular weight excluding hydrogens is 309 g/mol. The minimum atomic E-state index is -4.39. The number of rotatable bonds is 3. The summed E-state index contributed by atoms with van der Waals surface area (Å²) >= 11 is 0. The van der Waals surface area contributed by atoms with Crippen molar-refractivity contribution in [2.24, 2.45) is 0 Å². The van der Waals surface area contributed by atoms with Crippen molar-refractivity contribution in [2.45, 2.75) is 6.18 Å². The molecule has 0 saturated carbocycles. The Morgan fingerprint density at radius 1 is 0.957 bits per heavy atom. The van der Waals surface area contributed by atoms with Gasteiger partial charge in [-0.15, -0.1) is 0 Å². The predicted octanol–water partition coefficient (Wildman–Crippen LogP) is 4.27. The van der Waals surface area contributed by atoms with Gasteiger partial charge in [0.05, 0.1) is 30.8 Å². The molecule has 2 aromatic carbocycles. The first-order chi connectivity index (χ1) is 10.9. The lowest BCUT2D eigenvalue weighted by Crippen LogP contribution is -2.04. The van der Waals surface area contributed by atoms with Crippen molar-refractivity contribution in [3.63, 3.8) is 0 Å². The molecule has 0 bridgehead atoms. The first kappa shape index (κ1) is 15.2. The lowest BCUT2D eigenvalue weighted by atomic mass is 10.2. The third-order valence-corrected chi connectivity index (χ3v) is 3.47. The summed E-state index contributed by atoms with van der Waals surface area (Å²) in [6.07, 6.45) is -4.39. The van der Waals surface area contributed by atoms with Gasteiger partial charge in [-0.1, -0.05) is 0 Å². The van der Waals surface area contributed by atoms with Crippen LogP contribution in [0.5, 0.6) is 11.5 Å². The number of ether oxygens (including phenoxy) is 2. The number of halogens is 3. The van der Waals surface area contributed by atoms with Crippen molar-refractivity contribution < 1.29 is 22.6 Å². The molecule has 0 unspecified atom stereocenters. The highest BCUT2D eigenvalue weighted by Crippen LogP contribution is 2.34. The second-order valence-electron chi connectivity index (χ2n) is 4.88. The lowest BCUT2D eigenvalue weighted by molar-refractivity contribution is -0.137. The van der Waals surface area contributed by atoms with Crippen LogP contribution in [-0.2, 0) is 6.18 Å². The van der Waals surface area contributed by atoms with Crippen LogP contribution in [0, 0.1) is 0 Å². The van der Waals surface area contributed by atoms with E-state index in [1.807, 2.05) is 0 Å². The van der Waals surface area contributed by atoms with Gasteiger partial charge in [-0.2, -0.15) is 13.2 Å². The molecule has 0 spiro atoms. The van der Waals surface area contributed by atoms with Crippen molar-refractivity contribution in [1.29, 1.82) is 0 Å². The lowest BCUT2D eigenvalue weighted by Gasteiger charge is -2.08. The van der Waals surface area contributed by atoms with E-state index in [0.29, 0.717) is 33.9 Å². The van der Waals surface area contributed by atoms with Gasteiger partial charge in [0.25, 0.3) is 0 Å². The summed E-state index contributed by atoms with van der Waals surface area (Å²) in [6.45, 7) is 0. The van der Waals surface area contributed by atoms with E-state index in [2.05, 4.69) is 9.97 Å². The van der Waals surface area contributed by atoms with E-state index in [4.69, 9.17) is 9.47 Å². The second kappa shape index (κ2) is 5.49. The fourth-order valence-electron chi connectivity index (χ4n) is 2.31. The van der Waals surface area contributed by atoms with E-state index in [0.717, 1.165) is 12.1 Å². The van der Waals surface area contributed by atoms with E-state index < -0.39 is 11.7 Å². The summed E-state index contributed by atoms with van der Waals surface area (Å²) in [5.41, 5.74) is 0.757. The van der Waals surface area contributed by atoms with Gasteiger partial charge in [-0.05, 0) is 36.4 Å². The Morgan fingerprint density at radius 2 is 1.70 bits per heavy atom. The fraction of sp³-hybridized carbons (Fsp3) is 0.188. The molecule has 1 aromatic heterocycles. The molecule has 0 atom stereocenters. The quantitative estimate of drug-likeness (QED) is 0.783. The van der Waals surface area contributed by atoms with E-state index in [1.165, 1.54) is 20.3 Å². The highest BCUT2D eigenvalue weighted by atomic mass is 19.4. The Hall–Kier alpha value is -2.70. The molecule has 0 radical (unpaired) electrons. The number of hydrogen-bond donors (Lipinski definition) is 1. The smallest absolute Gasteiger partial charge is 0.416 e. The zero-order chi connectivity index (χ0) is 16.6. The number of nitrogens with one attached hydrogen (secondary N) is 1. The van der Waals surface area contributed by atoms with Gasteiger partial charge in [0.15, 0.2) is 11.5 Å². The van der Waals surface area contributed by atoms with Crippen LogP contribution >= 0.6 is 0 Å². The van der Waals surface area contributed by atoms with Gasteiger partial charge in [0.2, 0.25) is 0 Å². The summed E-state index contributed by atoms with van der Waals surface area (Å²) in [6, 6.07) is 8.58. The number of fused-ring (bicyclic) bond motifs is 1. The molecule has 1 heterocycles. The summed E-state index contributed by atoms with van der Waals surface area (Å²) in [4.78, 5) is 7.22. The standard InChI is InChI=1S/C16H13F3N2O2/c1-22-13-6-3-9(7-14(13)23-2)15-20-11-5-4-10(16(17,18)19)8-12(11)21-15/h3-8H,1-2H3,(H,20,21). The minimum Gasteiger partial charge on any atom is -0.493 e. The van der Waals surface area contributed by atoms with Crippen LogP contribution in [0.4, 0.5) is 13.2 Å². The van der Waals surface area contributed by atoms with Crippen LogP contribution in [0.1, 0.15) is 5.56 Å². The molecule has 0 aliphatic carbocycles. The molecule has 4 nitrogen and oxygen atoms in total. The summed E-state index contributed by atoms with van der Waals surface area (Å²) < 4.78 is 48.7. The van der Waals surface area contributed by atoms with Crippen LogP contribution in [0.25, 0.3) is 22.4 Å². The average molecular weight is 322 g/mol. The third kappa shape index (κ3) is 2.81. The van der Waals surface area contributed by atoms with E-state index in [9.17, 15) is 13.2 Å². The molecular formula is C16H13F3N2O2. The maximum Gasteiger partial charge on any atom is 0.416 e. The zero-order valence-electron chi connectivity index (χ0n) is 12.4. The van der Waals surface area contributed by atoms with E-state index in [1.54, 1.807) is 18.2 Å². The number of nitrogens with zero attached hydrogens (tertiary/aromatic N) is 1. The number of aromatic nitrogens is 2. The molecule has 3 rings (SSSR count).